The fourth-order valence-electron chi connectivity index (χ4n) is 0.303. The van der Waals surface area contributed by atoms with Gasteiger partial charge in [0, 0.05) is 0 Å². The molecule has 0 amide bonds. The third-order valence-corrected chi connectivity index (χ3v) is 0.666. The third kappa shape index (κ3) is 5.35. The van der Waals surface area contributed by atoms with Crippen LogP contribution in [0.2, 0.25) is 0 Å². The number of hydrogen-bond donors (Lipinski definition) is 0. The number of carbonyl (C=O) groups excluding carboxylic acids is 1. The summed E-state index contributed by atoms with van der Waals surface area (Å²) in [5.41, 5.74) is -0.748. The molecule has 0 rings (SSSR count). The van der Waals surface area contributed by atoms with E-state index in [0.717, 1.165) is 0 Å². The fraction of sp³-hybridized carbons (Fsp3) is 0.400. The number of nitriles is 1. The van der Waals surface area contributed by atoms with Crippen LogP contribution in [0.5, 0.6) is 0 Å². The van der Waals surface area contributed by atoms with Crippen LogP contribution in [0, 0.1) is 16.5 Å². The summed E-state index contributed by atoms with van der Waals surface area (Å²) in [5.74, 6) is -0.972. The maximum absolute atomic E-state index is 10.4. The molecule has 0 aromatic heterocycles. The van der Waals surface area contributed by atoms with Gasteiger partial charge in [-0.25, -0.2) is 4.79 Å². The van der Waals surface area contributed by atoms with Crippen LogP contribution in [-0.4, -0.2) is 18.3 Å². The minimum atomic E-state index is -0.972. The molecule has 0 aliphatic heterocycles. The molecule has 0 radical (unpaired) electrons. The topological polar surface area (TPSA) is 85.5 Å². The van der Waals surface area contributed by atoms with Gasteiger partial charge >= 0.3 is 57.4 Å². The van der Waals surface area contributed by atoms with Gasteiger partial charge in [-0.05, 0) is 6.92 Å². The first kappa shape index (κ1) is 13.6. The van der Waals surface area contributed by atoms with Crippen molar-refractivity contribution in [2.24, 2.45) is 5.16 Å². The second-order valence-electron chi connectivity index (χ2n) is 1.27. The van der Waals surface area contributed by atoms with E-state index in [4.69, 9.17) is 5.26 Å². The number of hydrogen-bond acceptors (Lipinski definition) is 5. The zero-order chi connectivity index (χ0) is 7.98. The predicted molar refractivity (Wildman–Crippen MR) is 33.0 cm³/mol. The zero-order valence-corrected chi connectivity index (χ0v) is 9.45. The van der Waals surface area contributed by atoms with Crippen LogP contribution >= 0.6 is 0 Å². The maximum atomic E-state index is 10.4. The summed E-state index contributed by atoms with van der Waals surface area (Å²) in [6, 6.07) is 1.30. The monoisotopic (exact) mass is 180 g/mol. The molecule has 0 aromatic rings. The zero-order valence-electron chi connectivity index (χ0n) is 6.33. The minimum Gasteiger partial charge on any atom is -0.791 e. The van der Waals surface area contributed by atoms with Gasteiger partial charge < -0.3 is 15.1 Å². The third-order valence-electron chi connectivity index (χ3n) is 0.666. The summed E-state index contributed by atoms with van der Waals surface area (Å²) in [6.45, 7) is 1.69. The van der Waals surface area contributed by atoms with Gasteiger partial charge in [0.1, 0.15) is 6.07 Å². The Morgan fingerprint density at radius 2 is 2.36 bits per heavy atom. The molecule has 0 saturated carbocycles. The van der Waals surface area contributed by atoms with Crippen LogP contribution in [0.1, 0.15) is 6.92 Å². The number of nitrogens with zero attached hydrogens (tertiary/aromatic N) is 2. The molecule has 0 aliphatic carbocycles. The van der Waals surface area contributed by atoms with Gasteiger partial charge in [0.2, 0.25) is 5.71 Å². The van der Waals surface area contributed by atoms with Crippen LogP contribution in [0.3, 0.4) is 0 Å². The van der Waals surface area contributed by atoms with Crippen molar-refractivity contribution in [2.45, 2.75) is 6.92 Å². The Hall–Kier alpha value is 0.0664. The van der Waals surface area contributed by atoms with Gasteiger partial charge in [-0.15, -0.1) is 0 Å². The second-order valence-corrected chi connectivity index (χ2v) is 1.27. The smallest absolute Gasteiger partial charge is 0.791 e. The van der Waals surface area contributed by atoms with E-state index in [1.165, 1.54) is 6.07 Å². The van der Waals surface area contributed by atoms with Crippen LogP contribution in [0.4, 0.5) is 0 Å². The Morgan fingerprint density at radius 3 is 2.64 bits per heavy atom. The van der Waals surface area contributed by atoms with Crippen LogP contribution in [0.25, 0.3) is 0 Å². The molecule has 0 aliphatic rings. The number of carbonyl (C=O) groups is 1. The molecule has 0 atom stereocenters. The number of rotatable bonds is 2. The Morgan fingerprint density at radius 1 is 1.82 bits per heavy atom. The molecule has 11 heavy (non-hydrogen) atoms. The van der Waals surface area contributed by atoms with E-state index in [1.54, 1.807) is 6.92 Å². The van der Waals surface area contributed by atoms with Crippen molar-refractivity contribution >= 4 is 11.7 Å². The quantitative estimate of drug-likeness (QED) is 0.196. The number of esters is 1. The Balaban J connectivity index is 0. The molecule has 0 saturated heterocycles. The van der Waals surface area contributed by atoms with Gasteiger partial charge in [-0.1, -0.05) is 0 Å². The average molecular weight is 180 g/mol. The molecule has 0 aromatic carbocycles. The molecule has 0 spiro atoms. The van der Waals surface area contributed by atoms with Crippen molar-refractivity contribution in [1.29, 1.82) is 5.26 Å². The summed E-state index contributed by atoms with van der Waals surface area (Å²) in [4.78, 5) is 10.4. The molecule has 0 bridgehead atoms. The molecule has 6 heteroatoms. The summed E-state index contributed by atoms with van der Waals surface area (Å²) >= 11 is 0. The Kier molecular flexibility index (Phi) is 10.1. The van der Waals surface area contributed by atoms with Gasteiger partial charge in [0.15, 0.2) is 0 Å². The maximum Gasteiger partial charge on any atom is 1.00 e. The molecule has 0 N–H and O–H groups in total. The van der Waals surface area contributed by atoms with E-state index in [-0.39, 0.29) is 58.0 Å². The SMILES string of the molecule is CCOC(=O)/C(C#N)=N/[O-].[K+]. The van der Waals surface area contributed by atoms with Crippen LogP contribution in [-0.2, 0) is 9.53 Å². The normalized spacial score (nSPS) is 9.27. The van der Waals surface area contributed by atoms with Crippen molar-refractivity contribution in [3.63, 3.8) is 0 Å². The number of ether oxygens (including phenoxy) is 1. The molecule has 0 heterocycles. The fourth-order valence-corrected chi connectivity index (χ4v) is 0.303. The predicted octanol–water partition coefficient (Wildman–Crippen LogP) is -2.98. The van der Waals surface area contributed by atoms with Gasteiger partial charge in [-0.3, -0.25) is 0 Å². The van der Waals surface area contributed by atoms with Crippen LogP contribution < -0.4 is 51.4 Å². The van der Waals surface area contributed by atoms with E-state index in [2.05, 4.69) is 9.89 Å². The van der Waals surface area contributed by atoms with Crippen molar-refractivity contribution < 1.29 is 60.9 Å². The van der Waals surface area contributed by atoms with E-state index in [9.17, 15) is 10.0 Å². The Labute approximate surface area is 106 Å². The summed E-state index contributed by atoms with van der Waals surface area (Å²) in [6.07, 6.45) is 0. The summed E-state index contributed by atoms with van der Waals surface area (Å²) in [7, 11) is 0. The molecule has 54 valence electrons. The van der Waals surface area contributed by atoms with Crippen molar-refractivity contribution in [1.82, 2.24) is 0 Å². The molecular formula is C5H5KN2O3. The molecule has 5 nitrogen and oxygen atoms in total. The largest absolute Gasteiger partial charge is 1.00 e. The van der Waals surface area contributed by atoms with E-state index < -0.39 is 11.7 Å². The van der Waals surface area contributed by atoms with Gasteiger partial charge in [0.25, 0.3) is 0 Å². The van der Waals surface area contributed by atoms with Gasteiger partial charge in [-0.2, -0.15) is 5.26 Å². The van der Waals surface area contributed by atoms with Crippen molar-refractivity contribution in [3.05, 3.63) is 5.21 Å². The van der Waals surface area contributed by atoms with Crippen molar-refractivity contribution in [3.8, 4) is 6.07 Å². The van der Waals surface area contributed by atoms with Gasteiger partial charge in [0.05, 0.1) is 6.61 Å². The van der Waals surface area contributed by atoms with Crippen molar-refractivity contribution in [2.75, 3.05) is 6.61 Å². The average Bonchev–Trinajstić information content (AvgIpc) is 1.91. The summed E-state index contributed by atoms with van der Waals surface area (Å²) in [5, 5.41) is 19.8. The van der Waals surface area contributed by atoms with Crippen LogP contribution in [0.15, 0.2) is 5.16 Å². The van der Waals surface area contributed by atoms with E-state index >= 15 is 0 Å². The minimum absolute atomic E-state index is 0. The molecular weight excluding hydrogens is 175 g/mol. The second kappa shape index (κ2) is 8.17. The molecule has 0 fully saturated rings. The first-order chi connectivity index (χ1) is 4.76. The van der Waals surface area contributed by atoms with E-state index in [0.29, 0.717) is 0 Å². The Bertz CT molecular complexity index is 196. The first-order valence-corrected chi connectivity index (χ1v) is 2.53. The molecule has 0 unspecified atom stereocenters. The standard InChI is InChI=1S/C5H6N2O3.K/c1-2-10-5(8)4(3-6)7-9;/h9H,2H2,1H3;/q;+1/p-1/b7-4+;. The first-order valence-electron chi connectivity index (χ1n) is 2.53. The van der Waals surface area contributed by atoms with E-state index in [1.807, 2.05) is 0 Å². The summed E-state index contributed by atoms with van der Waals surface area (Å²) < 4.78 is 4.29.